The van der Waals surface area contributed by atoms with E-state index in [4.69, 9.17) is 9.72 Å². The number of para-hydroxylation sites is 2. The van der Waals surface area contributed by atoms with Crippen molar-refractivity contribution in [1.82, 2.24) is 14.4 Å². The maximum absolute atomic E-state index is 7.00. The number of ether oxygens (including phenoxy) is 1. The Morgan fingerprint density at radius 3 is 1.45 bits per heavy atom. The van der Waals surface area contributed by atoms with Crippen molar-refractivity contribution in [3.8, 4) is 84.1 Å². The van der Waals surface area contributed by atoms with Crippen LogP contribution in [0.3, 0.4) is 0 Å². The highest BCUT2D eigenvalue weighted by Crippen LogP contribution is 2.47. The monoisotopic (exact) mass is 1050 g/mol. The molecule has 0 saturated heterocycles. The zero-order valence-electron chi connectivity index (χ0n) is 45.2. The lowest BCUT2D eigenvalue weighted by molar-refractivity contribution is 0.483. The molecule has 0 atom stereocenters. The van der Waals surface area contributed by atoms with Crippen LogP contribution in [0.25, 0.3) is 94.4 Å². The van der Waals surface area contributed by atoms with E-state index in [1.54, 1.807) is 0 Å². The lowest BCUT2D eigenvalue weighted by Crippen LogP contribution is -2.61. The van der Waals surface area contributed by atoms with Crippen LogP contribution in [0.15, 0.2) is 303 Å². The Hall–Kier alpha value is -10.6. The predicted octanol–water partition coefficient (Wildman–Crippen LogP) is 17.1. The normalized spacial score (nSPS) is 12.9. The Morgan fingerprint density at radius 1 is 0.402 bits per heavy atom. The molecule has 0 fully saturated rings. The van der Waals surface area contributed by atoms with Gasteiger partial charge in [0, 0.05) is 52.1 Å². The van der Waals surface area contributed by atoms with E-state index in [1.165, 1.54) is 38.6 Å². The number of hydrogen-bond donors (Lipinski definition) is 0. The molecule has 0 unspecified atom stereocenters. The molecule has 0 aliphatic carbocycles. The first kappa shape index (κ1) is 48.5. The summed E-state index contributed by atoms with van der Waals surface area (Å²) < 4.78 is 9.23. The van der Waals surface area contributed by atoms with Crippen molar-refractivity contribution in [2.45, 2.75) is 0 Å². The number of rotatable bonds is 11. The van der Waals surface area contributed by atoms with Gasteiger partial charge in [-0.2, -0.15) is 0 Å². The van der Waals surface area contributed by atoms with Gasteiger partial charge >= 0.3 is 6.85 Å². The number of fused-ring (bicyclic) bond motifs is 6. The number of nitrogens with zero attached hydrogens (tertiary/aromatic N) is 5. The fraction of sp³-hybridized carbons (Fsp3) is 0.0267. The molecule has 0 spiro atoms. The van der Waals surface area contributed by atoms with Crippen molar-refractivity contribution in [1.29, 1.82) is 0 Å². The molecule has 0 saturated carbocycles. The third-order valence-electron chi connectivity index (χ3n) is 16.3. The van der Waals surface area contributed by atoms with Crippen molar-refractivity contribution in [3.63, 3.8) is 0 Å². The van der Waals surface area contributed by atoms with Gasteiger partial charge in [-0.1, -0.05) is 206 Å². The second kappa shape index (κ2) is 20.6. The number of pyridine rings is 1. The van der Waals surface area contributed by atoms with E-state index >= 15 is 0 Å². The minimum absolute atomic E-state index is 0.0696. The van der Waals surface area contributed by atoms with Crippen LogP contribution in [0.5, 0.6) is 11.5 Å². The van der Waals surface area contributed by atoms with E-state index in [0.717, 1.165) is 95.4 Å². The lowest BCUT2D eigenvalue weighted by atomic mass is 9.48. The Labute approximate surface area is 478 Å². The summed E-state index contributed by atoms with van der Waals surface area (Å²) in [5, 5.41) is 2.31. The van der Waals surface area contributed by atoms with Crippen LogP contribution in [0.4, 0.5) is 11.4 Å². The second-order valence-electron chi connectivity index (χ2n) is 21.3. The lowest BCUT2D eigenvalue weighted by Gasteiger charge is -2.41. The van der Waals surface area contributed by atoms with Gasteiger partial charge < -0.3 is 19.3 Å². The van der Waals surface area contributed by atoms with Gasteiger partial charge in [0.25, 0.3) is 0 Å². The average Bonchev–Trinajstić information content (AvgIpc) is 4.28. The molecule has 4 heterocycles. The minimum atomic E-state index is -0.0696. The van der Waals surface area contributed by atoms with Crippen molar-refractivity contribution in [2.75, 3.05) is 23.5 Å². The molecule has 388 valence electrons. The number of aromatic nitrogens is 2. The third-order valence-corrected chi connectivity index (χ3v) is 16.3. The van der Waals surface area contributed by atoms with E-state index < -0.39 is 0 Å². The van der Waals surface area contributed by atoms with Gasteiger partial charge in [-0.25, -0.2) is 4.98 Å². The summed E-state index contributed by atoms with van der Waals surface area (Å²) in [6.07, 6.45) is 4.22. The summed E-state index contributed by atoms with van der Waals surface area (Å²) in [5.41, 5.74) is 20.6. The Kier molecular flexibility index (Phi) is 12.2. The van der Waals surface area contributed by atoms with Gasteiger partial charge in [0.2, 0.25) is 0 Å². The van der Waals surface area contributed by atoms with Crippen LogP contribution < -0.4 is 25.5 Å². The Bertz CT molecular complexity index is 4270. The highest BCUT2D eigenvalue weighted by molar-refractivity contribution is 6.84. The quantitative estimate of drug-likeness (QED) is 0.121. The van der Waals surface area contributed by atoms with Crippen molar-refractivity contribution in [2.24, 2.45) is 0 Å². The van der Waals surface area contributed by atoms with Crippen LogP contribution in [0.1, 0.15) is 0 Å². The molecule has 0 N–H and O–H groups in total. The van der Waals surface area contributed by atoms with E-state index in [9.17, 15) is 0 Å². The largest absolute Gasteiger partial charge is 0.457 e. The maximum atomic E-state index is 7.00. The molecule has 7 heteroatoms. The highest BCUT2D eigenvalue weighted by atomic mass is 16.5. The molecule has 11 aromatic carbocycles. The van der Waals surface area contributed by atoms with Crippen LogP contribution in [-0.4, -0.2) is 34.9 Å². The average molecular weight is 1050 g/mol. The summed E-state index contributed by atoms with van der Waals surface area (Å²) in [6, 6.07) is 103. The minimum Gasteiger partial charge on any atom is -0.457 e. The summed E-state index contributed by atoms with van der Waals surface area (Å²) in [4.78, 5) is 12.2. The van der Waals surface area contributed by atoms with E-state index in [2.05, 4.69) is 305 Å². The Balaban J connectivity index is 0.910. The smallest absolute Gasteiger partial charge is 0.326 e. The third kappa shape index (κ3) is 8.76. The molecule has 2 aromatic heterocycles. The molecule has 2 aliphatic rings. The first-order valence-corrected chi connectivity index (χ1v) is 28.0. The fourth-order valence-electron chi connectivity index (χ4n) is 12.5. The van der Waals surface area contributed by atoms with Crippen molar-refractivity contribution in [3.05, 3.63) is 303 Å². The first-order chi connectivity index (χ1) is 40.6. The second-order valence-corrected chi connectivity index (χ2v) is 21.3. The van der Waals surface area contributed by atoms with Crippen LogP contribution in [-0.2, 0) is 0 Å². The molecule has 15 rings (SSSR count). The van der Waals surface area contributed by atoms with Crippen molar-refractivity contribution >= 4 is 51.0 Å². The number of hydrogen-bond acceptors (Lipinski definition) is 5. The SMILES string of the molecule is CN1B(c2ccccc2)c2ccc(Oc3ccc4c5ccccc5n(-c5ccccn5)c4c3)cc2N2CN(c3c(-c4cc(-c5ccccc5)cc(-c5ccccc5)c4)cccc3-c3cc(-c4ccccc4)cc(-c4ccccc4)c3)C=C12. The van der Waals surface area contributed by atoms with Gasteiger partial charge in [0.05, 0.1) is 16.7 Å². The van der Waals surface area contributed by atoms with E-state index in [-0.39, 0.29) is 6.85 Å². The predicted molar refractivity (Wildman–Crippen MR) is 341 cm³/mol. The Morgan fingerprint density at radius 2 is 0.890 bits per heavy atom. The van der Waals surface area contributed by atoms with Gasteiger partial charge in [-0.15, -0.1) is 0 Å². The van der Waals surface area contributed by atoms with E-state index in [1.807, 2.05) is 18.3 Å². The van der Waals surface area contributed by atoms with Gasteiger partial charge in [-0.05, 0) is 141 Å². The van der Waals surface area contributed by atoms with Crippen molar-refractivity contribution < 1.29 is 4.74 Å². The molecule has 6 nitrogen and oxygen atoms in total. The summed E-state index contributed by atoms with van der Waals surface area (Å²) in [7, 11) is 2.24. The van der Waals surface area contributed by atoms with Crippen LogP contribution in [0, 0.1) is 0 Å². The maximum Gasteiger partial charge on any atom is 0.326 e. The zero-order chi connectivity index (χ0) is 54.5. The number of anilines is 2. The zero-order valence-corrected chi connectivity index (χ0v) is 45.2. The molecule has 0 bridgehead atoms. The molecular weight excluding hydrogens is 998 g/mol. The van der Waals surface area contributed by atoms with Gasteiger partial charge in [-0.3, -0.25) is 4.57 Å². The van der Waals surface area contributed by atoms with Gasteiger partial charge in [0.15, 0.2) is 0 Å². The molecule has 2 aliphatic heterocycles. The summed E-state index contributed by atoms with van der Waals surface area (Å²) in [5.74, 6) is 3.45. The molecule has 0 radical (unpaired) electrons. The summed E-state index contributed by atoms with van der Waals surface area (Å²) >= 11 is 0. The van der Waals surface area contributed by atoms with Gasteiger partial charge in [0.1, 0.15) is 29.8 Å². The molecular formula is C75H54BN5O. The van der Waals surface area contributed by atoms with Crippen LogP contribution in [0.2, 0.25) is 0 Å². The fourth-order valence-corrected chi connectivity index (χ4v) is 12.5. The van der Waals surface area contributed by atoms with Crippen LogP contribution >= 0.6 is 0 Å². The highest BCUT2D eigenvalue weighted by Gasteiger charge is 2.41. The van der Waals surface area contributed by atoms with E-state index in [0.29, 0.717) is 6.67 Å². The first-order valence-electron chi connectivity index (χ1n) is 28.0. The topological polar surface area (TPSA) is 36.8 Å². The number of benzene rings is 11. The standard InChI is InChI=1S/C75H54BN5O/c1-78-74-50-79(51-80(74)72-49-64(38-40-69(72)76(78)62-30-15-6-16-31-62)82-63-37-39-68-67-32-17-18-35-70(67)81(71(68)48-63)73-36-19-20-41-77-73)75-65(60-44-56(52-22-7-2-8-23-52)42-57(45-60)53-24-9-3-10-25-53)33-21-34-66(75)61-46-58(54-26-11-4-12-27-54)43-59(47-61)55-28-13-5-14-29-55/h2-50H,51H2,1H3. The molecule has 13 aromatic rings. The molecule has 0 amide bonds. The molecule has 82 heavy (non-hydrogen) atoms. The summed E-state index contributed by atoms with van der Waals surface area (Å²) in [6.45, 7) is 0.478.